The second-order valence-electron chi connectivity index (χ2n) is 7.69. The van der Waals surface area contributed by atoms with E-state index in [0.717, 1.165) is 49.9 Å². The van der Waals surface area contributed by atoms with E-state index in [1.54, 1.807) is 0 Å². The Bertz CT molecular complexity index is 1580. The molecule has 5 nitrogen and oxygen atoms in total. The van der Waals surface area contributed by atoms with Crippen LogP contribution in [0.5, 0.6) is 0 Å². The predicted molar refractivity (Wildman–Crippen MR) is 131 cm³/mol. The highest BCUT2D eigenvalue weighted by molar-refractivity contribution is 6.31. The van der Waals surface area contributed by atoms with Gasteiger partial charge in [-0.25, -0.2) is 4.98 Å². The number of nitrogens with two attached hydrogens (primary N) is 1. The molecular weight excluding hydrogens is 418 g/mol. The van der Waals surface area contributed by atoms with Crippen LogP contribution in [0.3, 0.4) is 0 Å². The van der Waals surface area contributed by atoms with Crippen molar-refractivity contribution in [1.82, 2.24) is 20.2 Å². The minimum atomic E-state index is 0.484. The fourth-order valence-corrected chi connectivity index (χ4v) is 4.44. The zero-order valence-corrected chi connectivity index (χ0v) is 17.7. The molecule has 0 atom stereocenters. The van der Waals surface area contributed by atoms with Crippen LogP contribution < -0.4 is 5.73 Å². The van der Waals surface area contributed by atoms with E-state index >= 15 is 0 Å². The smallest absolute Gasteiger partial charge is 0.184 e. The van der Waals surface area contributed by atoms with Crippen LogP contribution in [0.25, 0.3) is 55.6 Å². The monoisotopic (exact) mass is 435 g/mol. The minimum absolute atomic E-state index is 0.484. The number of nitrogens with one attached hydrogen (secondary N) is 2. The van der Waals surface area contributed by atoms with Crippen molar-refractivity contribution in [2.45, 2.75) is 0 Å². The van der Waals surface area contributed by atoms with Gasteiger partial charge in [0, 0.05) is 32.6 Å². The van der Waals surface area contributed by atoms with Crippen molar-refractivity contribution < 1.29 is 0 Å². The van der Waals surface area contributed by atoms with Gasteiger partial charge < -0.3 is 10.7 Å². The van der Waals surface area contributed by atoms with Gasteiger partial charge in [0.1, 0.15) is 5.82 Å². The number of hydrogen-bond acceptors (Lipinski definition) is 3. The van der Waals surface area contributed by atoms with Crippen LogP contribution in [0.15, 0.2) is 84.9 Å². The molecule has 32 heavy (non-hydrogen) atoms. The molecule has 0 unspecified atom stereocenters. The van der Waals surface area contributed by atoms with Crippen molar-refractivity contribution in [1.29, 1.82) is 0 Å². The predicted octanol–water partition coefficient (Wildman–Crippen LogP) is 6.68. The molecule has 3 aromatic carbocycles. The van der Waals surface area contributed by atoms with Crippen molar-refractivity contribution in [2.24, 2.45) is 0 Å². The number of aromatic nitrogens is 4. The van der Waals surface area contributed by atoms with Crippen LogP contribution in [0.1, 0.15) is 0 Å². The standard InChI is InChI=1S/C26H18ClN5/c27-17-11-12-20-18(13-17)22(24(29-20)16-9-5-2-6-10-16)19-14-21(15-7-3-1-4-8-15)30-26-23(19)25(28)31-32-26/h1-14,29H,(H3,28,30,31,32). The molecule has 4 N–H and O–H groups in total. The number of hydrogen-bond donors (Lipinski definition) is 3. The number of pyridine rings is 1. The zero-order chi connectivity index (χ0) is 21.7. The lowest BCUT2D eigenvalue weighted by Gasteiger charge is -2.10. The maximum atomic E-state index is 6.42. The summed E-state index contributed by atoms with van der Waals surface area (Å²) in [6.07, 6.45) is 0. The molecule has 0 amide bonds. The van der Waals surface area contributed by atoms with Gasteiger partial charge in [0.2, 0.25) is 0 Å². The van der Waals surface area contributed by atoms with Gasteiger partial charge in [0.05, 0.1) is 16.8 Å². The van der Waals surface area contributed by atoms with E-state index in [2.05, 4.69) is 33.4 Å². The summed E-state index contributed by atoms with van der Waals surface area (Å²) in [7, 11) is 0. The van der Waals surface area contributed by atoms with Gasteiger partial charge in [0.15, 0.2) is 5.65 Å². The molecule has 3 aromatic heterocycles. The summed E-state index contributed by atoms with van der Waals surface area (Å²) in [6.45, 7) is 0. The Morgan fingerprint density at radius 1 is 0.812 bits per heavy atom. The number of halogens is 1. The van der Waals surface area contributed by atoms with Crippen molar-refractivity contribution in [3.8, 4) is 33.6 Å². The Balaban J connectivity index is 1.75. The normalized spacial score (nSPS) is 11.4. The van der Waals surface area contributed by atoms with Crippen LogP contribution in [-0.2, 0) is 0 Å². The molecule has 0 saturated heterocycles. The fraction of sp³-hybridized carbons (Fsp3) is 0. The highest BCUT2D eigenvalue weighted by atomic mass is 35.5. The van der Waals surface area contributed by atoms with E-state index in [0.29, 0.717) is 16.5 Å². The molecule has 6 aromatic rings. The summed E-state index contributed by atoms with van der Waals surface area (Å²) < 4.78 is 0. The molecular formula is C26H18ClN5. The summed E-state index contributed by atoms with van der Waals surface area (Å²) in [6, 6.07) is 28.3. The summed E-state index contributed by atoms with van der Waals surface area (Å²) >= 11 is 6.42. The molecule has 0 radical (unpaired) electrons. The summed E-state index contributed by atoms with van der Waals surface area (Å²) in [4.78, 5) is 8.37. The van der Waals surface area contributed by atoms with Gasteiger partial charge in [-0.15, -0.1) is 0 Å². The lowest BCUT2D eigenvalue weighted by molar-refractivity contribution is 1.11. The first-order chi connectivity index (χ1) is 15.7. The zero-order valence-electron chi connectivity index (χ0n) is 16.9. The van der Waals surface area contributed by atoms with E-state index in [1.807, 2.05) is 66.7 Å². The van der Waals surface area contributed by atoms with Crippen molar-refractivity contribution in [3.05, 3.63) is 90.0 Å². The third kappa shape index (κ3) is 2.94. The molecule has 0 fully saturated rings. The first-order valence-electron chi connectivity index (χ1n) is 10.3. The molecule has 6 rings (SSSR count). The van der Waals surface area contributed by atoms with Gasteiger partial charge in [-0.05, 0) is 29.8 Å². The second kappa shape index (κ2) is 7.25. The Morgan fingerprint density at radius 2 is 1.53 bits per heavy atom. The van der Waals surface area contributed by atoms with Crippen LogP contribution in [-0.4, -0.2) is 20.2 Å². The molecule has 0 saturated carbocycles. The van der Waals surface area contributed by atoms with E-state index < -0.39 is 0 Å². The summed E-state index contributed by atoms with van der Waals surface area (Å²) in [5.41, 5.74) is 13.8. The van der Waals surface area contributed by atoms with Gasteiger partial charge in [0.25, 0.3) is 0 Å². The largest absolute Gasteiger partial charge is 0.383 e. The molecule has 0 spiro atoms. The number of nitrogens with zero attached hydrogens (tertiary/aromatic N) is 2. The number of anilines is 1. The van der Waals surface area contributed by atoms with Crippen LogP contribution >= 0.6 is 11.6 Å². The highest BCUT2D eigenvalue weighted by Gasteiger charge is 2.21. The highest BCUT2D eigenvalue weighted by Crippen LogP contribution is 2.43. The van der Waals surface area contributed by atoms with Gasteiger partial charge in [-0.2, -0.15) is 5.10 Å². The fourth-order valence-electron chi connectivity index (χ4n) is 4.27. The first-order valence-corrected chi connectivity index (χ1v) is 10.6. The van der Waals surface area contributed by atoms with E-state index in [4.69, 9.17) is 22.3 Å². The summed E-state index contributed by atoms with van der Waals surface area (Å²) in [5, 5.41) is 9.77. The molecule has 0 aliphatic rings. The van der Waals surface area contributed by atoms with E-state index in [-0.39, 0.29) is 0 Å². The molecule has 3 heterocycles. The van der Waals surface area contributed by atoms with Crippen LogP contribution in [0, 0.1) is 0 Å². The average Bonchev–Trinajstić information content (AvgIpc) is 3.40. The second-order valence-corrected chi connectivity index (χ2v) is 8.12. The number of nitrogen functional groups attached to an aromatic ring is 1. The summed E-state index contributed by atoms with van der Waals surface area (Å²) in [5.74, 6) is 0.484. The quantitative estimate of drug-likeness (QED) is 0.290. The van der Waals surface area contributed by atoms with Crippen molar-refractivity contribution in [2.75, 3.05) is 5.73 Å². The topological polar surface area (TPSA) is 83.4 Å². The number of H-pyrrole nitrogens is 2. The number of benzene rings is 3. The van der Waals surface area contributed by atoms with Crippen LogP contribution in [0.2, 0.25) is 5.02 Å². The molecule has 0 aliphatic carbocycles. The van der Waals surface area contributed by atoms with Crippen molar-refractivity contribution in [3.63, 3.8) is 0 Å². The lowest BCUT2D eigenvalue weighted by Crippen LogP contribution is -1.92. The number of fused-ring (bicyclic) bond motifs is 2. The Morgan fingerprint density at radius 3 is 2.28 bits per heavy atom. The maximum Gasteiger partial charge on any atom is 0.184 e. The lowest BCUT2D eigenvalue weighted by atomic mass is 9.95. The third-order valence-corrected chi connectivity index (χ3v) is 5.95. The Hall–Kier alpha value is -4.09. The molecule has 0 aliphatic heterocycles. The van der Waals surface area contributed by atoms with Crippen LogP contribution in [0.4, 0.5) is 5.82 Å². The van der Waals surface area contributed by atoms with E-state index in [9.17, 15) is 0 Å². The van der Waals surface area contributed by atoms with Gasteiger partial charge in [-0.3, -0.25) is 5.10 Å². The SMILES string of the molecule is Nc1[nH]nc2nc(-c3ccccc3)cc(-c3c(-c4ccccc4)[nH]c4ccc(Cl)cc34)c12. The Labute approximate surface area is 188 Å². The molecule has 0 bridgehead atoms. The third-order valence-electron chi connectivity index (χ3n) is 5.71. The average molecular weight is 436 g/mol. The minimum Gasteiger partial charge on any atom is -0.383 e. The number of rotatable bonds is 3. The molecule has 154 valence electrons. The first kappa shape index (κ1) is 18.7. The molecule has 6 heteroatoms. The van der Waals surface area contributed by atoms with Crippen molar-refractivity contribution >= 4 is 39.4 Å². The van der Waals surface area contributed by atoms with Gasteiger partial charge in [-0.1, -0.05) is 72.3 Å². The van der Waals surface area contributed by atoms with Gasteiger partial charge >= 0.3 is 0 Å². The maximum absolute atomic E-state index is 6.42. The van der Waals surface area contributed by atoms with E-state index in [1.165, 1.54) is 0 Å². The Kier molecular flexibility index (Phi) is 4.23. The number of aromatic amines is 2.